The van der Waals surface area contributed by atoms with E-state index in [2.05, 4.69) is 17.4 Å². The molecule has 0 radical (unpaired) electrons. The quantitative estimate of drug-likeness (QED) is 0.904. The molecule has 2 rings (SSSR count). The van der Waals surface area contributed by atoms with Gasteiger partial charge >= 0.3 is 0 Å². The summed E-state index contributed by atoms with van der Waals surface area (Å²) < 4.78 is 5.12. The SMILES string of the molecule is COCc1cccc(CNc2ccc(C#N)c(Cl)c2)c1. The number of halogens is 1. The number of hydrogen-bond donors (Lipinski definition) is 1. The lowest BCUT2D eigenvalue weighted by Gasteiger charge is -2.09. The van der Waals surface area contributed by atoms with Crippen molar-refractivity contribution in [1.82, 2.24) is 0 Å². The van der Waals surface area contributed by atoms with Gasteiger partial charge in [0, 0.05) is 19.3 Å². The number of hydrogen-bond acceptors (Lipinski definition) is 3. The molecule has 0 amide bonds. The Hall–Kier alpha value is -2.02. The largest absolute Gasteiger partial charge is 0.381 e. The van der Waals surface area contributed by atoms with E-state index in [1.807, 2.05) is 24.3 Å². The van der Waals surface area contributed by atoms with Crippen molar-refractivity contribution in [1.29, 1.82) is 5.26 Å². The van der Waals surface area contributed by atoms with E-state index >= 15 is 0 Å². The molecule has 102 valence electrons. The highest BCUT2D eigenvalue weighted by Crippen LogP contribution is 2.20. The fourth-order valence-electron chi connectivity index (χ4n) is 1.92. The van der Waals surface area contributed by atoms with Crippen molar-refractivity contribution in [2.45, 2.75) is 13.2 Å². The summed E-state index contributed by atoms with van der Waals surface area (Å²) in [5, 5.41) is 12.6. The molecule has 3 nitrogen and oxygen atoms in total. The van der Waals surface area contributed by atoms with Crippen LogP contribution in [0.1, 0.15) is 16.7 Å². The van der Waals surface area contributed by atoms with E-state index in [0.717, 1.165) is 11.3 Å². The highest BCUT2D eigenvalue weighted by atomic mass is 35.5. The Morgan fingerprint density at radius 1 is 1.20 bits per heavy atom. The van der Waals surface area contributed by atoms with Gasteiger partial charge in [0.1, 0.15) is 6.07 Å². The van der Waals surface area contributed by atoms with Crippen molar-refractivity contribution in [3.05, 3.63) is 64.2 Å². The molecule has 0 fully saturated rings. The maximum atomic E-state index is 8.83. The fraction of sp³-hybridized carbons (Fsp3) is 0.188. The lowest BCUT2D eigenvalue weighted by molar-refractivity contribution is 0.185. The van der Waals surface area contributed by atoms with Crippen LogP contribution < -0.4 is 5.32 Å². The molecule has 0 aliphatic carbocycles. The zero-order valence-corrected chi connectivity index (χ0v) is 11.9. The molecule has 0 atom stereocenters. The number of nitrogens with zero attached hydrogens (tertiary/aromatic N) is 1. The van der Waals surface area contributed by atoms with Crippen molar-refractivity contribution >= 4 is 17.3 Å². The average Bonchev–Trinajstić information content (AvgIpc) is 2.46. The minimum absolute atomic E-state index is 0.464. The molecule has 0 bridgehead atoms. The molecular weight excluding hydrogens is 272 g/mol. The molecule has 20 heavy (non-hydrogen) atoms. The average molecular weight is 287 g/mol. The number of rotatable bonds is 5. The number of ether oxygens (including phenoxy) is 1. The van der Waals surface area contributed by atoms with Gasteiger partial charge in [0.25, 0.3) is 0 Å². The van der Waals surface area contributed by atoms with Crippen LogP contribution in [0.3, 0.4) is 0 Å². The van der Waals surface area contributed by atoms with Crippen LogP contribution in [-0.2, 0) is 17.9 Å². The van der Waals surface area contributed by atoms with Crippen molar-refractivity contribution in [2.75, 3.05) is 12.4 Å². The Kier molecular flexibility index (Phi) is 5.00. The predicted octanol–water partition coefficient (Wildman–Crippen LogP) is 3.97. The first-order valence-electron chi connectivity index (χ1n) is 6.23. The van der Waals surface area contributed by atoms with Crippen LogP contribution in [0, 0.1) is 11.3 Å². The van der Waals surface area contributed by atoms with Gasteiger partial charge in [0.05, 0.1) is 17.2 Å². The van der Waals surface area contributed by atoms with Gasteiger partial charge in [-0.05, 0) is 29.3 Å². The molecule has 0 unspecified atom stereocenters. The zero-order chi connectivity index (χ0) is 14.4. The number of anilines is 1. The number of methoxy groups -OCH3 is 1. The molecular formula is C16H15ClN2O. The van der Waals surface area contributed by atoms with Gasteiger partial charge in [-0.1, -0.05) is 35.9 Å². The Balaban J connectivity index is 2.03. The van der Waals surface area contributed by atoms with Crippen LogP contribution >= 0.6 is 11.6 Å². The monoisotopic (exact) mass is 286 g/mol. The van der Waals surface area contributed by atoms with Crippen LogP contribution in [0.2, 0.25) is 5.02 Å². The molecule has 0 aromatic heterocycles. The molecule has 0 heterocycles. The fourth-order valence-corrected chi connectivity index (χ4v) is 2.14. The Bertz CT molecular complexity index is 635. The van der Waals surface area contributed by atoms with Gasteiger partial charge < -0.3 is 10.1 Å². The van der Waals surface area contributed by atoms with Gasteiger partial charge in [0.15, 0.2) is 0 Å². The summed E-state index contributed by atoms with van der Waals surface area (Å²) in [7, 11) is 1.68. The van der Waals surface area contributed by atoms with E-state index in [4.69, 9.17) is 21.6 Å². The van der Waals surface area contributed by atoms with E-state index in [-0.39, 0.29) is 0 Å². The lowest BCUT2D eigenvalue weighted by atomic mass is 10.1. The number of nitriles is 1. The maximum Gasteiger partial charge on any atom is 0.101 e. The standard InChI is InChI=1S/C16H15ClN2O/c1-20-11-13-4-2-3-12(7-13)10-19-15-6-5-14(9-18)16(17)8-15/h2-8,19H,10-11H2,1H3. The molecule has 1 N–H and O–H groups in total. The van der Waals surface area contributed by atoms with Crippen molar-refractivity contribution in [2.24, 2.45) is 0 Å². The second-order valence-electron chi connectivity index (χ2n) is 4.41. The molecule has 2 aromatic carbocycles. The van der Waals surface area contributed by atoms with Crippen LogP contribution in [-0.4, -0.2) is 7.11 Å². The number of nitrogens with one attached hydrogen (secondary N) is 1. The molecule has 4 heteroatoms. The highest BCUT2D eigenvalue weighted by Gasteiger charge is 2.01. The van der Waals surface area contributed by atoms with E-state index in [9.17, 15) is 0 Å². The summed E-state index contributed by atoms with van der Waals surface area (Å²) in [6, 6.07) is 15.6. The molecule has 0 aliphatic rings. The van der Waals surface area contributed by atoms with Gasteiger partial charge in [-0.15, -0.1) is 0 Å². The van der Waals surface area contributed by atoms with E-state index in [0.29, 0.717) is 23.7 Å². The molecule has 0 saturated heterocycles. The van der Waals surface area contributed by atoms with E-state index < -0.39 is 0 Å². The minimum Gasteiger partial charge on any atom is -0.381 e. The normalized spacial score (nSPS) is 10.1. The van der Waals surface area contributed by atoms with Gasteiger partial charge in [-0.3, -0.25) is 0 Å². The van der Waals surface area contributed by atoms with Crippen LogP contribution in [0.25, 0.3) is 0 Å². The third-order valence-corrected chi connectivity index (χ3v) is 3.20. The van der Waals surface area contributed by atoms with Gasteiger partial charge in [-0.2, -0.15) is 5.26 Å². The lowest BCUT2D eigenvalue weighted by Crippen LogP contribution is -2.00. The Labute approximate surface area is 123 Å². The maximum absolute atomic E-state index is 8.83. The van der Waals surface area contributed by atoms with E-state index in [1.165, 1.54) is 5.56 Å². The first kappa shape index (κ1) is 14.4. The second kappa shape index (κ2) is 6.95. The topological polar surface area (TPSA) is 45.0 Å². The van der Waals surface area contributed by atoms with E-state index in [1.54, 1.807) is 19.2 Å². The summed E-state index contributed by atoms with van der Waals surface area (Å²) in [5.74, 6) is 0. The molecule has 0 aliphatic heterocycles. The minimum atomic E-state index is 0.464. The van der Waals surface area contributed by atoms with Crippen LogP contribution in [0.15, 0.2) is 42.5 Å². The summed E-state index contributed by atoms with van der Waals surface area (Å²) in [4.78, 5) is 0. The highest BCUT2D eigenvalue weighted by molar-refractivity contribution is 6.32. The predicted molar refractivity (Wildman–Crippen MR) is 80.6 cm³/mol. The van der Waals surface area contributed by atoms with Gasteiger partial charge in [0.2, 0.25) is 0 Å². The summed E-state index contributed by atoms with van der Waals surface area (Å²) in [6.45, 7) is 1.30. The first-order chi connectivity index (χ1) is 9.72. The molecule has 0 spiro atoms. The zero-order valence-electron chi connectivity index (χ0n) is 11.2. The van der Waals surface area contributed by atoms with Crippen LogP contribution in [0.4, 0.5) is 5.69 Å². The number of benzene rings is 2. The third-order valence-electron chi connectivity index (χ3n) is 2.89. The summed E-state index contributed by atoms with van der Waals surface area (Å²) in [6.07, 6.45) is 0. The van der Waals surface area contributed by atoms with Crippen molar-refractivity contribution in [3.63, 3.8) is 0 Å². The molecule has 2 aromatic rings. The Morgan fingerprint density at radius 3 is 2.70 bits per heavy atom. The first-order valence-corrected chi connectivity index (χ1v) is 6.61. The van der Waals surface area contributed by atoms with Crippen molar-refractivity contribution < 1.29 is 4.74 Å². The Morgan fingerprint density at radius 2 is 2.00 bits per heavy atom. The summed E-state index contributed by atoms with van der Waals surface area (Å²) in [5.41, 5.74) is 3.69. The third kappa shape index (κ3) is 3.74. The summed E-state index contributed by atoms with van der Waals surface area (Å²) >= 11 is 6.00. The van der Waals surface area contributed by atoms with Gasteiger partial charge in [-0.25, -0.2) is 0 Å². The molecule has 0 saturated carbocycles. The smallest absolute Gasteiger partial charge is 0.101 e. The second-order valence-corrected chi connectivity index (χ2v) is 4.82. The van der Waals surface area contributed by atoms with Crippen LogP contribution in [0.5, 0.6) is 0 Å². The van der Waals surface area contributed by atoms with Crippen molar-refractivity contribution in [3.8, 4) is 6.07 Å².